The summed E-state index contributed by atoms with van der Waals surface area (Å²) in [7, 11) is 1.73. The fraction of sp³-hybridized carbons (Fsp3) is 0.571. The molecule has 0 saturated heterocycles. The van der Waals surface area contributed by atoms with Gasteiger partial charge in [0.1, 0.15) is 5.75 Å². The van der Waals surface area contributed by atoms with Crippen LogP contribution >= 0.6 is 15.9 Å². The van der Waals surface area contributed by atoms with Crippen LogP contribution in [0.2, 0.25) is 0 Å². The molecule has 0 aliphatic heterocycles. The average Bonchev–Trinajstić information content (AvgIpc) is 2.26. The topological polar surface area (TPSA) is 9.23 Å². The Balaban J connectivity index is 2.47. The summed E-state index contributed by atoms with van der Waals surface area (Å²) in [5.74, 6) is 1.76. The lowest BCUT2D eigenvalue weighted by Crippen LogP contribution is -2.05. The third-order valence-corrected chi connectivity index (χ3v) is 3.48. The van der Waals surface area contributed by atoms with Crippen LogP contribution in [0.1, 0.15) is 32.3 Å². The second-order valence-electron chi connectivity index (χ2n) is 4.58. The molecular weight excluding hydrogens is 264 g/mol. The Hall–Kier alpha value is -0.500. The first-order valence-corrected chi connectivity index (χ1v) is 6.81. The number of benzene rings is 1. The van der Waals surface area contributed by atoms with Crippen molar-refractivity contribution < 1.29 is 4.74 Å². The second-order valence-corrected chi connectivity index (χ2v) is 5.87. The van der Waals surface area contributed by atoms with Gasteiger partial charge in [0.05, 0.1) is 7.11 Å². The molecule has 0 aliphatic carbocycles. The van der Waals surface area contributed by atoms with Crippen LogP contribution in [-0.4, -0.2) is 11.9 Å². The highest BCUT2D eigenvalue weighted by Gasteiger charge is 2.08. The van der Waals surface area contributed by atoms with E-state index in [1.807, 2.05) is 12.1 Å². The largest absolute Gasteiger partial charge is 0.496 e. The molecule has 1 nitrogen and oxygen atoms in total. The number of hydrogen-bond donors (Lipinski definition) is 0. The maximum Gasteiger partial charge on any atom is 0.122 e. The SMILES string of the molecule is COc1ccccc1CCC(Br)CC(C)C. The molecular formula is C14H21BrO. The van der Waals surface area contributed by atoms with E-state index >= 15 is 0 Å². The first-order valence-electron chi connectivity index (χ1n) is 5.89. The van der Waals surface area contributed by atoms with Gasteiger partial charge in [-0.1, -0.05) is 48.0 Å². The summed E-state index contributed by atoms with van der Waals surface area (Å²) >= 11 is 3.74. The summed E-state index contributed by atoms with van der Waals surface area (Å²) in [6, 6.07) is 8.26. The Morgan fingerprint density at radius 1 is 1.25 bits per heavy atom. The quantitative estimate of drug-likeness (QED) is 0.702. The van der Waals surface area contributed by atoms with Gasteiger partial charge in [-0.3, -0.25) is 0 Å². The minimum absolute atomic E-state index is 0.609. The van der Waals surface area contributed by atoms with Crippen molar-refractivity contribution >= 4 is 15.9 Å². The molecule has 0 spiro atoms. The third-order valence-electron chi connectivity index (χ3n) is 2.65. The lowest BCUT2D eigenvalue weighted by atomic mass is 10.0. The monoisotopic (exact) mass is 284 g/mol. The number of halogens is 1. The molecule has 1 atom stereocenters. The highest BCUT2D eigenvalue weighted by Crippen LogP contribution is 2.23. The van der Waals surface area contributed by atoms with Gasteiger partial charge in [0.25, 0.3) is 0 Å². The van der Waals surface area contributed by atoms with Crippen molar-refractivity contribution in [2.24, 2.45) is 5.92 Å². The van der Waals surface area contributed by atoms with Gasteiger partial charge in [0, 0.05) is 4.83 Å². The zero-order valence-electron chi connectivity index (χ0n) is 10.4. The van der Waals surface area contributed by atoms with Crippen molar-refractivity contribution in [1.29, 1.82) is 0 Å². The van der Waals surface area contributed by atoms with Crippen molar-refractivity contribution in [2.75, 3.05) is 7.11 Å². The normalized spacial score (nSPS) is 12.8. The van der Waals surface area contributed by atoms with E-state index in [2.05, 4.69) is 41.9 Å². The maximum atomic E-state index is 5.34. The van der Waals surface area contributed by atoms with Crippen LogP contribution in [0, 0.1) is 5.92 Å². The molecule has 1 aromatic carbocycles. The van der Waals surface area contributed by atoms with E-state index in [-0.39, 0.29) is 0 Å². The van der Waals surface area contributed by atoms with E-state index in [4.69, 9.17) is 4.74 Å². The smallest absolute Gasteiger partial charge is 0.122 e. The fourth-order valence-electron chi connectivity index (χ4n) is 1.85. The summed E-state index contributed by atoms with van der Waals surface area (Å²) in [5.41, 5.74) is 1.30. The second kappa shape index (κ2) is 6.95. The molecule has 0 amide bonds. The van der Waals surface area contributed by atoms with Crippen molar-refractivity contribution in [3.8, 4) is 5.75 Å². The number of para-hydroxylation sites is 1. The molecule has 0 fully saturated rings. The summed E-state index contributed by atoms with van der Waals surface area (Å²) in [6.07, 6.45) is 3.47. The van der Waals surface area contributed by atoms with Crippen LogP contribution in [0.25, 0.3) is 0 Å². The summed E-state index contributed by atoms with van der Waals surface area (Å²) in [4.78, 5) is 0.609. The Morgan fingerprint density at radius 2 is 1.94 bits per heavy atom. The maximum absolute atomic E-state index is 5.34. The highest BCUT2D eigenvalue weighted by molar-refractivity contribution is 9.09. The molecule has 1 unspecified atom stereocenters. The van der Waals surface area contributed by atoms with Gasteiger partial charge in [0.2, 0.25) is 0 Å². The third kappa shape index (κ3) is 4.56. The Kier molecular flexibility index (Phi) is 5.89. The number of hydrogen-bond acceptors (Lipinski definition) is 1. The van der Waals surface area contributed by atoms with Gasteiger partial charge in [-0.25, -0.2) is 0 Å². The number of alkyl halides is 1. The first-order chi connectivity index (χ1) is 7.63. The Morgan fingerprint density at radius 3 is 2.56 bits per heavy atom. The molecule has 0 saturated carbocycles. The zero-order valence-corrected chi connectivity index (χ0v) is 12.0. The van der Waals surface area contributed by atoms with Crippen LogP contribution in [-0.2, 0) is 6.42 Å². The van der Waals surface area contributed by atoms with Gasteiger partial charge in [-0.2, -0.15) is 0 Å². The molecule has 0 N–H and O–H groups in total. The van der Waals surface area contributed by atoms with E-state index in [0.29, 0.717) is 4.83 Å². The molecule has 1 rings (SSSR count). The van der Waals surface area contributed by atoms with Crippen molar-refractivity contribution in [3.63, 3.8) is 0 Å². The summed E-state index contributed by atoms with van der Waals surface area (Å²) < 4.78 is 5.34. The highest BCUT2D eigenvalue weighted by atomic mass is 79.9. The van der Waals surface area contributed by atoms with Crippen LogP contribution in [0.15, 0.2) is 24.3 Å². The van der Waals surface area contributed by atoms with E-state index in [0.717, 1.165) is 18.1 Å². The molecule has 0 aliphatic rings. The van der Waals surface area contributed by atoms with Gasteiger partial charge < -0.3 is 4.74 Å². The van der Waals surface area contributed by atoms with Gasteiger partial charge >= 0.3 is 0 Å². The van der Waals surface area contributed by atoms with E-state index in [1.54, 1.807) is 7.11 Å². The predicted octanol–water partition coefficient (Wildman–Crippen LogP) is 4.44. The van der Waals surface area contributed by atoms with E-state index in [9.17, 15) is 0 Å². The number of rotatable bonds is 6. The molecule has 0 heterocycles. The van der Waals surface area contributed by atoms with Crippen LogP contribution < -0.4 is 4.74 Å². The Labute approximate surface area is 107 Å². The van der Waals surface area contributed by atoms with Gasteiger partial charge in [-0.15, -0.1) is 0 Å². The minimum atomic E-state index is 0.609. The van der Waals surface area contributed by atoms with E-state index in [1.165, 1.54) is 18.4 Å². The van der Waals surface area contributed by atoms with Crippen molar-refractivity contribution in [1.82, 2.24) is 0 Å². The van der Waals surface area contributed by atoms with Crippen LogP contribution in [0.3, 0.4) is 0 Å². The minimum Gasteiger partial charge on any atom is -0.496 e. The van der Waals surface area contributed by atoms with Gasteiger partial charge in [0.15, 0.2) is 0 Å². The van der Waals surface area contributed by atoms with Crippen LogP contribution in [0.5, 0.6) is 5.75 Å². The molecule has 0 bridgehead atoms. The first kappa shape index (κ1) is 13.6. The Bertz CT molecular complexity index is 309. The lowest BCUT2D eigenvalue weighted by Gasteiger charge is -2.13. The molecule has 90 valence electrons. The van der Waals surface area contributed by atoms with Gasteiger partial charge in [-0.05, 0) is 36.8 Å². The lowest BCUT2D eigenvalue weighted by molar-refractivity contribution is 0.408. The molecule has 2 heteroatoms. The summed E-state index contributed by atoms with van der Waals surface area (Å²) in [6.45, 7) is 4.52. The molecule has 1 aromatic rings. The standard InChI is InChI=1S/C14H21BrO/c1-11(2)10-13(15)9-8-12-6-4-5-7-14(12)16-3/h4-7,11,13H,8-10H2,1-3H3. The zero-order chi connectivity index (χ0) is 12.0. The molecule has 0 aromatic heterocycles. The van der Waals surface area contributed by atoms with E-state index < -0.39 is 0 Å². The van der Waals surface area contributed by atoms with Crippen LogP contribution in [0.4, 0.5) is 0 Å². The fourth-order valence-corrected chi connectivity index (χ4v) is 2.83. The number of ether oxygens (including phenoxy) is 1. The number of methoxy groups -OCH3 is 1. The summed E-state index contributed by atoms with van der Waals surface area (Å²) in [5, 5.41) is 0. The molecule has 0 radical (unpaired) electrons. The average molecular weight is 285 g/mol. The predicted molar refractivity (Wildman–Crippen MR) is 73.5 cm³/mol. The number of aryl methyl sites for hydroxylation is 1. The molecule has 16 heavy (non-hydrogen) atoms. The van der Waals surface area contributed by atoms with Crippen molar-refractivity contribution in [3.05, 3.63) is 29.8 Å². The van der Waals surface area contributed by atoms with Crippen molar-refractivity contribution in [2.45, 2.75) is 37.9 Å².